The zero-order chi connectivity index (χ0) is 13.9. The monoisotopic (exact) mass is 281 g/mol. The van der Waals surface area contributed by atoms with Gasteiger partial charge in [-0.3, -0.25) is 4.79 Å². The Labute approximate surface area is 119 Å². The quantitative estimate of drug-likeness (QED) is 0.865. The molecule has 0 aliphatic heterocycles. The van der Waals surface area contributed by atoms with E-state index in [4.69, 9.17) is 22.1 Å². The minimum absolute atomic E-state index is 0.104. The second-order valence-electron chi connectivity index (χ2n) is 5.48. The summed E-state index contributed by atoms with van der Waals surface area (Å²) in [5, 5.41) is 0.647. The van der Waals surface area contributed by atoms with Crippen LogP contribution in [0.1, 0.15) is 38.2 Å². The molecule has 1 aliphatic rings. The molecule has 1 saturated carbocycles. The van der Waals surface area contributed by atoms with Gasteiger partial charge in [-0.2, -0.15) is 0 Å². The van der Waals surface area contributed by atoms with Gasteiger partial charge in [0.15, 0.2) is 0 Å². The molecule has 104 valence electrons. The van der Waals surface area contributed by atoms with Crippen molar-refractivity contribution >= 4 is 17.6 Å². The predicted molar refractivity (Wildman–Crippen MR) is 75.8 cm³/mol. The maximum atomic E-state index is 12.3. The third kappa shape index (κ3) is 3.28. The molecule has 0 amide bonds. The fourth-order valence-corrected chi connectivity index (χ4v) is 2.77. The van der Waals surface area contributed by atoms with Crippen LogP contribution in [0, 0.1) is 5.41 Å². The van der Waals surface area contributed by atoms with Gasteiger partial charge in [0, 0.05) is 11.1 Å². The summed E-state index contributed by atoms with van der Waals surface area (Å²) in [5.74, 6) is -0.195. The summed E-state index contributed by atoms with van der Waals surface area (Å²) >= 11 is 5.90. The number of ether oxygens (including phenoxy) is 1. The second kappa shape index (κ2) is 5.93. The highest BCUT2D eigenvalue weighted by Crippen LogP contribution is 2.36. The van der Waals surface area contributed by atoms with E-state index in [1.807, 2.05) is 19.1 Å². The lowest BCUT2D eigenvalue weighted by Crippen LogP contribution is -2.48. The molecule has 2 N–H and O–H groups in total. The maximum absolute atomic E-state index is 12.3. The van der Waals surface area contributed by atoms with Crippen molar-refractivity contribution in [2.75, 3.05) is 0 Å². The Balaban J connectivity index is 1.97. The Bertz CT molecular complexity index is 463. The number of carbonyl (C=O) groups is 1. The Kier molecular flexibility index (Phi) is 4.48. The van der Waals surface area contributed by atoms with Crippen molar-refractivity contribution in [1.82, 2.24) is 0 Å². The Morgan fingerprint density at radius 3 is 3.00 bits per heavy atom. The summed E-state index contributed by atoms with van der Waals surface area (Å²) in [6.07, 6.45) is 3.83. The summed E-state index contributed by atoms with van der Waals surface area (Å²) in [6.45, 7) is 2.17. The van der Waals surface area contributed by atoms with Crippen molar-refractivity contribution in [1.29, 1.82) is 0 Å². The zero-order valence-corrected chi connectivity index (χ0v) is 12.0. The first-order valence-electron chi connectivity index (χ1n) is 6.69. The van der Waals surface area contributed by atoms with Crippen LogP contribution < -0.4 is 5.73 Å². The second-order valence-corrected chi connectivity index (χ2v) is 5.91. The molecule has 0 aromatic heterocycles. The Morgan fingerprint density at radius 1 is 1.53 bits per heavy atom. The van der Waals surface area contributed by atoms with Crippen LogP contribution in [0.3, 0.4) is 0 Å². The highest BCUT2D eigenvalue weighted by atomic mass is 35.5. The summed E-state index contributed by atoms with van der Waals surface area (Å²) in [4.78, 5) is 12.3. The number of rotatable bonds is 3. The maximum Gasteiger partial charge on any atom is 0.313 e. The number of nitrogens with two attached hydrogens (primary N) is 1. The lowest BCUT2D eigenvalue weighted by molar-refractivity contribution is -0.159. The van der Waals surface area contributed by atoms with E-state index in [1.165, 1.54) is 0 Å². The lowest BCUT2D eigenvalue weighted by atomic mass is 9.72. The third-order valence-corrected chi connectivity index (χ3v) is 4.24. The molecule has 1 aliphatic carbocycles. The molecule has 0 heterocycles. The van der Waals surface area contributed by atoms with Gasteiger partial charge in [0.05, 0.1) is 5.41 Å². The van der Waals surface area contributed by atoms with Gasteiger partial charge in [0.1, 0.15) is 6.61 Å². The van der Waals surface area contributed by atoms with E-state index in [9.17, 15) is 4.79 Å². The van der Waals surface area contributed by atoms with Gasteiger partial charge < -0.3 is 10.5 Å². The average molecular weight is 282 g/mol. The van der Waals surface area contributed by atoms with Gasteiger partial charge in [-0.15, -0.1) is 0 Å². The first kappa shape index (κ1) is 14.4. The molecular weight excluding hydrogens is 262 g/mol. The molecule has 0 radical (unpaired) electrons. The highest BCUT2D eigenvalue weighted by Gasteiger charge is 2.42. The standard InChI is InChI=1S/C15H20ClNO2/c1-15(8-3-2-7-13(15)17)14(18)19-10-11-5-4-6-12(16)9-11/h4-6,9,13H,2-3,7-8,10,17H2,1H3. The smallest absolute Gasteiger partial charge is 0.313 e. The Morgan fingerprint density at radius 2 is 2.32 bits per heavy atom. The fourth-order valence-electron chi connectivity index (χ4n) is 2.55. The molecule has 0 bridgehead atoms. The van der Waals surface area contributed by atoms with Crippen molar-refractivity contribution in [3.63, 3.8) is 0 Å². The molecule has 2 rings (SSSR count). The van der Waals surface area contributed by atoms with Gasteiger partial charge in [-0.05, 0) is 37.5 Å². The first-order chi connectivity index (χ1) is 9.02. The molecule has 1 aromatic rings. The van der Waals surface area contributed by atoms with E-state index in [1.54, 1.807) is 12.1 Å². The molecule has 19 heavy (non-hydrogen) atoms. The summed E-state index contributed by atoms with van der Waals surface area (Å²) in [6, 6.07) is 7.23. The summed E-state index contributed by atoms with van der Waals surface area (Å²) in [5.41, 5.74) is 6.44. The number of benzene rings is 1. The van der Waals surface area contributed by atoms with Crippen molar-refractivity contribution in [3.8, 4) is 0 Å². The van der Waals surface area contributed by atoms with Crippen molar-refractivity contribution in [2.45, 2.75) is 45.3 Å². The molecule has 1 aromatic carbocycles. The van der Waals surface area contributed by atoms with Gasteiger partial charge in [0.25, 0.3) is 0 Å². The number of hydrogen-bond donors (Lipinski definition) is 1. The molecule has 3 nitrogen and oxygen atoms in total. The van der Waals surface area contributed by atoms with Crippen LogP contribution in [0.25, 0.3) is 0 Å². The summed E-state index contributed by atoms with van der Waals surface area (Å²) in [7, 11) is 0. The van der Waals surface area contributed by atoms with E-state index in [2.05, 4.69) is 0 Å². The number of hydrogen-bond acceptors (Lipinski definition) is 3. The molecule has 4 heteroatoms. The van der Waals surface area contributed by atoms with Crippen molar-refractivity contribution < 1.29 is 9.53 Å². The van der Waals surface area contributed by atoms with Crippen LogP contribution >= 0.6 is 11.6 Å². The van der Waals surface area contributed by atoms with Gasteiger partial charge >= 0.3 is 5.97 Å². The summed E-state index contributed by atoms with van der Waals surface area (Å²) < 4.78 is 5.42. The highest BCUT2D eigenvalue weighted by molar-refractivity contribution is 6.30. The van der Waals surface area contributed by atoms with Gasteiger partial charge in [0.2, 0.25) is 0 Å². The molecule has 0 saturated heterocycles. The largest absolute Gasteiger partial charge is 0.460 e. The van der Waals surface area contributed by atoms with Crippen LogP contribution in [0.5, 0.6) is 0 Å². The van der Waals surface area contributed by atoms with Crippen LogP contribution in [-0.2, 0) is 16.1 Å². The van der Waals surface area contributed by atoms with E-state index in [-0.39, 0.29) is 18.6 Å². The molecule has 1 fully saturated rings. The topological polar surface area (TPSA) is 52.3 Å². The van der Waals surface area contributed by atoms with E-state index in [0.29, 0.717) is 5.02 Å². The minimum Gasteiger partial charge on any atom is -0.460 e. The van der Waals surface area contributed by atoms with Crippen LogP contribution in [0.2, 0.25) is 5.02 Å². The molecule has 2 unspecified atom stereocenters. The van der Waals surface area contributed by atoms with Crippen LogP contribution in [0.4, 0.5) is 0 Å². The van der Waals surface area contributed by atoms with Crippen LogP contribution in [-0.4, -0.2) is 12.0 Å². The minimum atomic E-state index is -0.545. The Hall–Kier alpha value is -1.06. The van der Waals surface area contributed by atoms with E-state index in [0.717, 1.165) is 31.2 Å². The number of carbonyl (C=O) groups excluding carboxylic acids is 1. The lowest BCUT2D eigenvalue weighted by Gasteiger charge is -2.36. The number of halogens is 1. The molecular formula is C15H20ClNO2. The van der Waals surface area contributed by atoms with Gasteiger partial charge in [-0.1, -0.05) is 36.6 Å². The molecule has 2 atom stereocenters. The first-order valence-corrected chi connectivity index (χ1v) is 7.07. The number of esters is 1. The zero-order valence-electron chi connectivity index (χ0n) is 11.2. The average Bonchev–Trinajstić information content (AvgIpc) is 2.39. The van der Waals surface area contributed by atoms with Crippen molar-refractivity contribution in [2.24, 2.45) is 11.1 Å². The normalized spacial score (nSPS) is 27.0. The van der Waals surface area contributed by atoms with E-state index >= 15 is 0 Å². The van der Waals surface area contributed by atoms with Gasteiger partial charge in [-0.25, -0.2) is 0 Å². The van der Waals surface area contributed by atoms with Crippen LogP contribution in [0.15, 0.2) is 24.3 Å². The SMILES string of the molecule is CC1(C(=O)OCc2cccc(Cl)c2)CCCCC1N. The third-order valence-electron chi connectivity index (χ3n) is 4.00. The molecule has 0 spiro atoms. The van der Waals surface area contributed by atoms with E-state index < -0.39 is 5.41 Å². The fraction of sp³-hybridized carbons (Fsp3) is 0.533. The van der Waals surface area contributed by atoms with Crippen molar-refractivity contribution in [3.05, 3.63) is 34.9 Å². The predicted octanol–water partition coefficient (Wildman–Crippen LogP) is 3.29.